The molecule has 1 aromatic carbocycles. The predicted octanol–water partition coefficient (Wildman–Crippen LogP) is 2.49. The number of nitrogens with zero attached hydrogens (tertiary/aromatic N) is 1. The summed E-state index contributed by atoms with van der Waals surface area (Å²) in [5.41, 5.74) is 1.44. The van der Waals surface area contributed by atoms with E-state index in [1.165, 1.54) is 6.07 Å². The van der Waals surface area contributed by atoms with Crippen molar-refractivity contribution in [2.45, 2.75) is 13.1 Å². The van der Waals surface area contributed by atoms with Crippen LogP contribution in [-0.4, -0.2) is 10.2 Å². The molecule has 5 heteroatoms. The van der Waals surface area contributed by atoms with Crippen molar-refractivity contribution in [3.8, 4) is 0 Å². The Morgan fingerprint density at radius 1 is 1.31 bits per heavy atom. The van der Waals surface area contributed by atoms with Crippen molar-refractivity contribution in [3.05, 3.63) is 52.6 Å². The molecule has 0 aliphatic rings. The molecule has 0 spiro atoms. The molecule has 0 fully saturated rings. The largest absolute Gasteiger partial charge is 0.307 e. The number of hydrogen-bond acceptors (Lipinski definition) is 2. The SMILES string of the molecule is Fc1cccc(Cl)c1CNCc1ccn[nH]1. The molecule has 0 amide bonds. The second-order valence-electron chi connectivity index (χ2n) is 3.39. The van der Waals surface area contributed by atoms with Gasteiger partial charge in [-0.3, -0.25) is 5.10 Å². The molecule has 2 aromatic rings. The highest BCUT2D eigenvalue weighted by Gasteiger charge is 2.05. The number of rotatable bonds is 4. The molecule has 1 aromatic heterocycles. The summed E-state index contributed by atoms with van der Waals surface area (Å²) in [6, 6.07) is 6.53. The van der Waals surface area contributed by atoms with Crippen LogP contribution in [0, 0.1) is 5.82 Å². The van der Waals surface area contributed by atoms with Crippen LogP contribution >= 0.6 is 11.6 Å². The number of aromatic nitrogens is 2. The smallest absolute Gasteiger partial charge is 0.129 e. The first kappa shape index (κ1) is 11.1. The first-order valence-electron chi connectivity index (χ1n) is 4.89. The molecule has 0 aliphatic heterocycles. The zero-order valence-electron chi connectivity index (χ0n) is 8.50. The van der Waals surface area contributed by atoms with Gasteiger partial charge in [0.2, 0.25) is 0 Å². The Balaban J connectivity index is 1.95. The van der Waals surface area contributed by atoms with Crippen molar-refractivity contribution >= 4 is 11.6 Å². The van der Waals surface area contributed by atoms with E-state index in [4.69, 9.17) is 11.6 Å². The van der Waals surface area contributed by atoms with E-state index in [-0.39, 0.29) is 5.82 Å². The van der Waals surface area contributed by atoms with Crippen LogP contribution in [0.3, 0.4) is 0 Å². The molecule has 3 nitrogen and oxygen atoms in total. The average Bonchev–Trinajstić information content (AvgIpc) is 2.75. The number of halogens is 2. The first-order valence-corrected chi connectivity index (χ1v) is 5.27. The van der Waals surface area contributed by atoms with E-state index >= 15 is 0 Å². The molecule has 0 aliphatic carbocycles. The third-order valence-electron chi connectivity index (χ3n) is 2.24. The van der Waals surface area contributed by atoms with E-state index in [9.17, 15) is 4.39 Å². The van der Waals surface area contributed by atoms with Crippen LogP contribution in [-0.2, 0) is 13.1 Å². The van der Waals surface area contributed by atoms with Gasteiger partial charge in [0.05, 0.1) is 0 Å². The number of nitrogens with one attached hydrogen (secondary N) is 2. The van der Waals surface area contributed by atoms with Gasteiger partial charge in [-0.15, -0.1) is 0 Å². The summed E-state index contributed by atoms with van der Waals surface area (Å²) in [5, 5.41) is 10.2. The lowest BCUT2D eigenvalue weighted by Gasteiger charge is -2.06. The van der Waals surface area contributed by atoms with Crippen LogP contribution in [0.5, 0.6) is 0 Å². The molecular weight excluding hydrogens is 229 g/mol. The van der Waals surface area contributed by atoms with E-state index in [1.807, 2.05) is 6.07 Å². The molecule has 2 rings (SSSR count). The average molecular weight is 240 g/mol. The van der Waals surface area contributed by atoms with Gasteiger partial charge in [-0.25, -0.2) is 4.39 Å². The van der Waals surface area contributed by atoms with Crippen LogP contribution in [0.25, 0.3) is 0 Å². The number of hydrogen-bond donors (Lipinski definition) is 2. The maximum Gasteiger partial charge on any atom is 0.129 e. The Labute approximate surface area is 97.6 Å². The van der Waals surface area contributed by atoms with E-state index in [1.54, 1.807) is 18.3 Å². The molecule has 84 valence electrons. The summed E-state index contributed by atoms with van der Waals surface area (Å²) < 4.78 is 13.4. The monoisotopic (exact) mass is 239 g/mol. The minimum Gasteiger partial charge on any atom is -0.307 e. The Morgan fingerprint density at radius 2 is 2.19 bits per heavy atom. The van der Waals surface area contributed by atoms with Gasteiger partial charge in [-0.05, 0) is 18.2 Å². The Bertz CT molecular complexity index is 436. The van der Waals surface area contributed by atoms with Crippen molar-refractivity contribution < 1.29 is 4.39 Å². The third kappa shape index (κ3) is 2.59. The highest BCUT2D eigenvalue weighted by Crippen LogP contribution is 2.18. The number of H-pyrrole nitrogens is 1. The molecule has 0 bridgehead atoms. The van der Waals surface area contributed by atoms with Gasteiger partial charge in [0.15, 0.2) is 0 Å². The highest BCUT2D eigenvalue weighted by molar-refractivity contribution is 6.31. The van der Waals surface area contributed by atoms with Gasteiger partial charge in [0, 0.05) is 35.6 Å². The molecule has 0 atom stereocenters. The standard InChI is InChI=1S/C11H11ClFN3/c12-10-2-1-3-11(13)9(10)7-14-6-8-4-5-15-16-8/h1-5,14H,6-7H2,(H,15,16). The fraction of sp³-hybridized carbons (Fsp3) is 0.182. The van der Waals surface area contributed by atoms with Gasteiger partial charge in [-0.1, -0.05) is 17.7 Å². The highest BCUT2D eigenvalue weighted by atomic mass is 35.5. The molecular formula is C11H11ClFN3. The molecule has 16 heavy (non-hydrogen) atoms. The normalized spacial score (nSPS) is 10.6. The van der Waals surface area contributed by atoms with Crippen molar-refractivity contribution in [2.75, 3.05) is 0 Å². The minimum absolute atomic E-state index is 0.287. The van der Waals surface area contributed by atoms with Gasteiger partial charge in [0.1, 0.15) is 5.82 Å². The minimum atomic E-state index is -0.287. The Hall–Kier alpha value is -1.39. The molecule has 0 saturated heterocycles. The lowest BCUT2D eigenvalue weighted by Crippen LogP contribution is -2.14. The molecule has 0 radical (unpaired) electrons. The third-order valence-corrected chi connectivity index (χ3v) is 2.59. The predicted molar refractivity (Wildman–Crippen MR) is 60.5 cm³/mol. The van der Waals surface area contributed by atoms with Crippen LogP contribution in [0.4, 0.5) is 4.39 Å². The maximum atomic E-state index is 13.4. The van der Waals surface area contributed by atoms with E-state index in [0.717, 1.165) is 5.69 Å². The summed E-state index contributed by atoms with van der Waals surface area (Å²) in [7, 11) is 0. The van der Waals surface area contributed by atoms with E-state index in [0.29, 0.717) is 23.7 Å². The van der Waals surface area contributed by atoms with Crippen molar-refractivity contribution in [2.24, 2.45) is 0 Å². The van der Waals surface area contributed by atoms with Gasteiger partial charge in [-0.2, -0.15) is 5.10 Å². The summed E-state index contributed by atoms with van der Waals surface area (Å²) in [6.07, 6.45) is 1.67. The quantitative estimate of drug-likeness (QED) is 0.861. The van der Waals surface area contributed by atoms with E-state index in [2.05, 4.69) is 15.5 Å². The Kier molecular flexibility index (Phi) is 3.54. The number of aromatic amines is 1. The second kappa shape index (κ2) is 5.09. The lowest BCUT2D eigenvalue weighted by molar-refractivity contribution is 0.586. The molecule has 0 unspecified atom stereocenters. The maximum absolute atomic E-state index is 13.4. The van der Waals surface area contributed by atoms with Crippen LogP contribution < -0.4 is 5.32 Å². The van der Waals surface area contributed by atoms with Crippen molar-refractivity contribution in [1.29, 1.82) is 0 Å². The van der Waals surface area contributed by atoms with Crippen molar-refractivity contribution in [3.63, 3.8) is 0 Å². The van der Waals surface area contributed by atoms with Gasteiger partial charge in [0.25, 0.3) is 0 Å². The van der Waals surface area contributed by atoms with Gasteiger partial charge >= 0.3 is 0 Å². The zero-order valence-corrected chi connectivity index (χ0v) is 9.26. The summed E-state index contributed by atoms with van der Waals surface area (Å²) in [4.78, 5) is 0. The van der Waals surface area contributed by atoms with Crippen LogP contribution in [0.15, 0.2) is 30.5 Å². The topological polar surface area (TPSA) is 40.7 Å². The van der Waals surface area contributed by atoms with Crippen LogP contribution in [0.1, 0.15) is 11.3 Å². The molecule has 0 saturated carbocycles. The molecule has 1 heterocycles. The number of benzene rings is 1. The summed E-state index contributed by atoms with van der Waals surface area (Å²) in [5.74, 6) is -0.287. The fourth-order valence-corrected chi connectivity index (χ4v) is 1.64. The van der Waals surface area contributed by atoms with Crippen LogP contribution in [0.2, 0.25) is 5.02 Å². The summed E-state index contributed by atoms with van der Waals surface area (Å²) >= 11 is 5.89. The fourth-order valence-electron chi connectivity index (χ4n) is 1.41. The van der Waals surface area contributed by atoms with Gasteiger partial charge < -0.3 is 5.32 Å². The second-order valence-corrected chi connectivity index (χ2v) is 3.79. The summed E-state index contributed by atoms with van der Waals surface area (Å²) in [6.45, 7) is 0.995. The molecule has 2 N–H and O–H groups in total. The van der Waals surface area contributed by atoms with Crippen molar-refractivity contribution in [1.82, 2.24) is 15.5 Å². The Morgan fingerprint density at radius 3 is 2.88 bits per heavy atom. The van der Waals surface area contributed by atoms with E-state index < -0.39 is 0 Å². The first-order chi connectivity index (χ1) is 7.77. The lowest BCUT2D eigenvalue weighted by atomic mass is 10.2. The zero-order chi connectivity index (χ0) is 11.4.